The summed E-state index contributed by atoms with van der Waals surface area (Å²) in [6.07, 6.45) is 4.80. The SMILES string of the molecule is Cn1c(=O)c2c(c3ccccc31)C1CCCC(C1)O2. The van der Waals surface area contributed by atoms with Gasteiger partial charge in [-0.2, -0.15) is 0 Å². The lowest BCUT2D eigenvalue weighted by Crippen LogP contribution is -2.35. The molecule has 3 heteroatoms. The standard InChI is InChI=1S/C16H17NO2/c1-17-13-8-3-2-7-12(13)14-10-5-4-6-11(9-10)19-15(14)16(17)18/h2-3,7-8,10-11H,4-6,9H2,1H3. The molecule has 1 fully saturated rings. The van der Waals surface area contributed by atoms with Gasteiger partial charge in [-0.3, -0.25) is 4.79 Å². The minimum Gasteiger partial charge on any atom is -0.484 e. The molecule has 2 aromatic rings. The van der Waals surface area contributed by atoms with E-state index in [-0.39, 0.29) is 11.7 Å². The summed E-state index contributed by atoms with van der Waals surface area (Å²) in [5.74, 6) is 1.11. The van der Waals surface area contributed by atoms with Crippen molar-refractivity contribution >= 4 is 10.9 Å². The summed E-state index contributed by atoms with van der Waals surface area (Å²) in [5.41, 5.74) is 2.19. The molecule has 19 heavy (non-hydrogen) atoms. The number of para-hydroxylation sites is 1. The van der Waals surface area contributed by atoms with Crippen molar-refractivity contribution in [1.82, 2.24) is 4.57 Å². The van der Waals surface area contributed by atoms with Gasteiger partial charge in [0.15, 0.2) is 5.75 Å². The largest absolute Gasteiger partial charge is 0.484 e. The van der Waals surface area contributed by atoms with E-state index in [0.29, 0.717) is 11.7 Å². The fraction of sp³-hybridized carbons (Fsp3) is 0.438. The number of ether oxygens (including phenoxy) is 1. The van der Waals surface area contributed by atoms with Crippen LogP contribution in [0.4, 0.5) is 0 Å². The van der Waals surface area contributed by atoms with Gasteiger partial charge in [-0.1, -0.05) is 18.2 Å². The van der Waals surface area contributed by atoms with Crippen LogP contribution in [0.5, 0.6) is 5.75 Å². The highest BCUT2D eigenvalue weighted by Gasteiger charge is 2.35. The van der Waals surface area contributed by atoms with Gasteiger partial charge < -0.3 is 9.30 Å². The Morgan fingerprint density at radius 3 is 3.00 bits per heavy atom. The monoisotopic (exact) mass is 255 g/mol. The van der Waals surface area contributed by atoms with Gasteiger partial charge in [0.1, 0.15) is 0 Å². The molecule has 2 atom stereocenters. The molecule has 0 spiro atoms. The number of pyridine rings is 1. The number of hydrogen-bond acceptors (Lipinski definition) is 2. The van der Waals surface area contributed by atoms with Gasteiger partial charge in [-0.25, -0.2) is 0 Å². The smallest absolute Gasteiger partial charge is 0.293 e. The van der Waals surface area contributed by atoms with Gasteiger partial charge in [0.05, 0.1) is 11.6 Å². The maximum Gasteiger partial charge on any atom is 0.293 e. The Morgan fingerprint density at radius 2 is 2.11 bits per heavy atom. The molecule has 1 saturated carbocycles. The summed E-state index contributed by atoms with van der Waals surface area (Å²) in [6, 6.07) is 8.17. The molecule has 3 nitrogen and oxygen atoms in total. The molecule has 0 saturated heterocycles. The van der Waals surface area contributed by atoms with Crippen LogP contribution in [0.1, 0.15) is 37.2 Å². The van der Waals surface area contributed by atoms with Gasteiger partial charge in [0.25, 0.3) is 5.56 Å². The van der Waals surface area contributed by atoms with E-state index < -0.39 is 0 Å². The van der Waals surface area contributed by atoms with E-state index in [0.717, 1.165) is 23.9 Å². The van der Waals surface area contributed by atoms with E-state index in [1.165, 1.54) is 18.2 Å². The van der Waals surface area contributed by atoms with Crippen LogP contribution in [0, 0.1) is 0 Å². The molecule has 1 aliphatic carbocycles. The molecule has 2 heterocycles. The van der Waals surface area contributed by atoms with Gasteiger partial charge >= 0.3 is 0 Å². The number of fused-ring (bicyclic) bond motifs is 6. The molecular weight excluding hydrogens is 238 g/mol. The summed E-state index contributed by atoms with van der Waals surface area (Å²) in [5, 5.41) is 1.19. The lowest BCUT2D eigenvalue weighted by atomic mass is 9.79. The topological polar surface area (TPSA) is 31.2 Å². The van der Waals surface area contributed by atoms with E-state index in [2.05, 4.69) is 6.07 Å². The maximum atomic E-state index is 12.5. The Hall–Kier alpha value is -1.77. The van der Waals surface area contributed by atoms with Crippen molar-refractivity contribution in [2.24, 2.45) is 7.05 Å². The predicted molar refractivity (Wildman–Crippen MR) is 74.8 cm³/mol. The second kappa shape index (κ2) is 3.86. The van der Waals surface area contributed by atoms with Crippen LogP contribution in [0.15, 0.2) is 29.1 Å². The Kier molecular flexibility index (Phi) is 2.25. The first kappa shape index (κ1) is 11.1. The van der Waals surface area contributed by atoms with Crippen molar-refractivity contribution in [3.05, 3.63) is 40.2 Å². The van der Waals surface area contributed by atoms with Gasteiger partial charge in [0.2, 0.25) is 0 Å². The van der Waals surface area contributed by atoms with Gasteiger partial charge in [-0.15, -0.1) is 0 Å². The number of rotatable bonds is 0. The number of aromatic nitrogens is 1. The Balaban J connectivity index is 2.12. The molecule has 0 N–H and O–H groups in total. The Labute approximate surface area is 111 Å². The molecule has 0 amide bonds. The molecule has 2 bridgehead atoms. The fourth-order valence-electron chi connectivity index (χ4n) is 3.69. The number of aryl methyl sites for hydroxylation is 1. The summed E-state index contributed by atoms with van der Waals surface area (Å²) in [7, 11) is 1.83. The number of nitrogens with zero attached hydrogens (tertiary/aromatic N) is 1. The van der Waals surface area contributed by atoms with Crippen LogP contribution >= 0.6 is 0 Å². The molecule has 4 rings (SSSR count). The molecule has 0 radical (unpaired) electrons. The van der Waals surface area contributed by atoms with Crippen molar-refractivity contribution in [3.63, 3.8) is 0 Å². The quantitative estimate of drug-likeness (QED) is 0.724. The first-order valence-electron chi connectivity index (χ1n) is 7.04. The summed E-state index contributed by atoms with van der Waals surface area (Å²) >= 11 is 0. The zero-order valence-corrected chi connectivity index (χ0v) is 11.1. The number of hydrogen-bond donors (Lipinski definition) is 0. The van der Waals surface area contributed by atoms with E-state index >= 15 is 0 Å². The third-order valence-electron chi connectivity index (χ3n) is 4.62. The Morgan fingerprint density at radius 1 is 1.26 bits per heavy atom. The van der Waals surface area contributed by atoms with E-state index in [1.54, 1.807) is 4.57 Å². The Bertz CT molecular complexity index is 716. The van der Waals surface area contributed by atoms with Crippen molar-refractivity contribution in [3.8, 4) is 5.75 Å². The summed E-state index contributed by atoms with van der Waals surface area (Å²) in [4.78, 5) is 12.5. The van der Waals surface area contributed by atoms with Crippen LogP contribution in [-0.4, -0.2) is 10.7 Å². The molecule has 1 aliphatic heterocycles. The van der Waals surface area contributed by atoms with Crippen molar-refractivity contribution in [2.45, 2.75) is 37.7 Å². The molecular formula is C16H17NO2. The molecule has 1 aromatic carbocycles. The molecule has 2 aliphatic rings. The zero-order chi connectivity index (χ0) is 13.0. The highest BCUT2D eigenvalue weighted by molar-refractivity contribution is 5.85. The lowest BCUT2D eigenvalue weighted by Gasteiger charge is -2.36. The van der Waals surface area contributed by atoms with Crippen LogP contribution in [-0.2, 0) is 7.05 Å². The van der Waals surface area contributed by atoms with Crippen LogP contribution in [0.25, 0.3) is 10.9 Å². The second-order valence-corrected chi connectivity index (χ2v) is 5.73. The first-order chi connectivity index (χ1) is 9.25. The van der Waals surface area contributed by atoms with Crippen LogP contribution in [0.3, 0.4) is 0 Å². The van der Waals surface area contributed by atoms with Gasteiger partial charge in [0, 0.05) is 18.0 Å². The summed E-state index contributed by atoms with van der Waals surface area (Å²) < 4.78 is 7.71. The van der Waals surface area contributed by atoms with Crippen LogP contribution in [0.2, 0.25) is 0 Å². The van der Waals surface area contributed by atoms with Gasteiger partial charge in [-0.05, 0) is 37.7 Å². The van der Waals surface area contributed by atoms with Crippen molar-refractivity contribution in [1.29, 1.82) is 0 Å². The van der Waals surface area contributed by atoms with E-state index in [1.807, 2.05) is 25.2 Å². The number of benzene rings is 1. The first-order valence-corrected chi connectivity index (χ1v) is 7.04. The normalized spacial score (nSPS) is 24.9. The van der Waals surface area contributed by atoms with Crippen molar-refractivity contribution in [2.75, 3.05) is 0 Å². The third kappa shape index (κ3) is 1.47. The minimum atomic E-state index is 0.0188. The maximum absolute atomic E-state index is 12.5. The van der Waals surface area contributed by atoms with E-state index in [9.17, 15) is 4.79 Å². The molecule has 1 aromatic heterocycles. The fourth-order valence-corrected chi connectivity index (χ4v) is 3.69. The molecule has 98 valence electrons. The highest BCUT2D eigenvalue weighted by atomic mass is 16.5. The zero-order valence-electron chi connectivity index (χ0n) is 11.1. The van der Waals surface area contributed by atoms with Crippen molar-refractivity contribution < 1.29 is 4.74 Å². The predicted octanol–water partition coefficient (Wildman–Crippen LogP) is 2.96. The second-order valence-electron chi connectivity index (χ2n) is 5.73. The van der Waals surface area contributed by atoms with E-state index in [4.69, 9.17) is 4.74 Å². The van der Waals surface area contributed by atoms with Crippen LogP contribution < -0.4 is 10.3 Å². The summed E-state index contributed by atoms with van der Waals surface area (Å²) in [6.45, 7) is 0. The average Bonchev–Trinajstić information content (AvgIpc) is 2.45. The lowest BCUT2D eigenvalue weighted by molar-refractivity contribution is 0.117. The molecule has 2 unspecified atom stereocenters. The highest BCUT2D eigenvalue weighted by Crippen LogP contribution is 2.44. The third-order valence-corrected chi connectivity index (χ3v) is 4.62. The average molecular weight is 255 g/mol. The minimum absolute atomic E-state index is 0.0188.